The molecule has 0 aliphatic rings. The summed E-state index contributed by atoms with van der Waals surface area (Å²) in [6.07, 6.45) is -9.51. The number of anilines is 1. The van der Waals surface area contributed by atoms with Crippen LogP contribution in [-0.2, 0) is 12.7 Å². The van der Waals surface area contributed by atoms with Crippen LogP contribution in [0.4, 0.5) is 32.2 Å². The minimum atomic E-state index is -4.79. The molecule has 0 aliphatic carbocycles. The summed E-state index contributed by atoms with van der Waals surface area (Å²) in [4.78, 5) is 8.93. The van der Waals surface area contributed by atoms with Crippen LogP contribution in [0, 0.1) is 6.92 Å². The molecule has 12 heteroatoms. The Bertz CT molecular complexity index is 980. The molecule has 2 aromatic heterocycles. The van der Waals surface area contributed by atoms with Crippen molar-refractivity contribution >= 4 is 11.6 Å². The first kappa shape index (κ1) is 19.7. The van der Waals surface area contributed by atoms with Gasteiger partial charge in [0.2, 0.25) is 0 Å². The van der Waals surface area contributed by atoms with Crippen molar-refractivity contribution in [1.82, 2.24) is 19.6 Å². The van der Waals surface area contributed by atoms with Crippen LogP contribution < -0.4 is 9.64 Å². The van der Waals surface area contributed by atoms with E-state index in [1.165, 1.54) is 18.2 Å². The van der Waals surface area contributed by atoms with Crippen molar-refractivity contribution in [1.29, 1.82) is 0 Å². The molecule has 6 nitrogen and oxygen atoms in total. The number of nitrogens with zero attached hydrogens (tertiary/aromatic N) is 5. The molecule has 0 bridgehead atoms. The van der Waals surface area contributed by atoms with E-state index in [1.807, 2.05) is 0 Å². The van der Waals surface area contributed by atoms with Crippen LogP contribution in [0.1, 0.15) is 17.1 Å². The van der Waals surface area contributed by atoms with Crippen LogP contribution in [0.2, 0.25) is 0 Å². The lowest BCUT2D eigenvalue weighted by molar-refractivity contribution is -0.274. The predicted molar refractivity (Wildman–Crippen MR) is 85.8 cm³/mol. The van der Waals surface area contributed by atoms with Crippen LogP contribution >= 0.6 is 0 Å². The number of fused-ring (bicyclic) bond motifs is 1. The summed E-state index contributed by atoms with van der Waals surface area (Å²) >= 11 is 0. The fourth-order valence-electron chi connectivity index (χ4n) is 2.51. The van der Waals surface area contributed by atoms with Crippen molar-refractivity contribution in [2.45, 2.75) is 26.0 Å². The summed E-state index contributed by atoms with van der Waals surface area (Å²) < 4.78 is 80.1. The second kappa shape index (κ2) is 6.84. The largest absolute Gasteiger partial charge is 0.573 e. The highest BCUT2D eigenvalue weighted by atomic mass is 19.4. The maximum atomic E-state index is 12.9. The highest BCUT2D eigenvalue weighted by Gasteiger charge is 2.37. The number of aromatic nitrogens is 4. The van der Waals surface area contributed by atoms with Gasteiger partial charge < -0.3 is 9.64 Å². The summed E-state index contributed by atoms with van der Waals surface area (Å²) in [6, 6.07) is 6.68. The van der Waals surface area contributed by atoms with Gasteiger partial charge in [0.05, 0.1) is 0 Å². The highest BCUT2D eigenvalue weighted by molar-refractivity contribution is 5.48. The monoisotopic (exact) mass is 405 g/mol. The molecule has 0 aliphatic heterocycles. The van der Waals surface area contributed by atoms with E-state index in [0.717, 1.165) is 16.6 Å². The van der Waals surface area contributed by atoms with Crippen molar-refractivity contribution < 1.29 is 31.1 Å². The number of aryl methyl sites for hydroxylation is 1. The molecular weight excluding hydrogens is 392 g/mol. The van der Waals surface area contributed by atoms with Gasteiger partial charge in [-0.05, 0) is 24.6 Å². The molecule has 150 valence electrons. The van der Waals surface area contributed by atoms with E-state index in [4.69, 9.17) is 0 Å². The van der Waals surface area contributed by atoms with Crippen LogP contribution in [0.25, 0.3) is 5.78 Å². The predicted octanol–water partition coefficient (Wildman–Crippen LogP) is 3.99. The molecule has 0 N–H and O–H groups in total. The summed E-state index contributed by atoms with van der Waals surface area (Å²) in [5, 5.41) is 3.47. The van der Waals surface area contributed by atoms with Gasteiger partial charge in [0.1, 0.15) is 11.6 Å². The van der Waals surface area contributed by atoms with Gasteiger partial charge in [0.15, 0.2) is 0 Å². The Morgan fingerprint density at radius 2 is 1.68 bits per heavy atom. The minimum Gasteiger partial charge on any atom is -0.406 e. The zero-order valence-electron chi connectivity index (χ0n) is 14.5. The van der Waals surface area contributed by atoms with E-state index in [-0.39, 0.29) is 18.1 Å². The molecule has 0 atom stereocenters. The Balaban J connectivity index is 1.87. The molecule has 1 aromatic carbocycles. The van der Waals surface area contributed by atoms with Crippen LogP contribution in [-0.4, -0.2) is 33.0 Å². The van der Waals surface area contributed by atoms with Gasteiger partial charge in [-0.25, -0.2) is 4.98 Å². The Hall–Kier alpha value is -3.05. The zero-order chi connectivity index (χ0) is 20.7. The summed E-state index contributed by atoms with van der Waals surface area (Å²) in [5.74, 6) is -1.59. The Morgan fingerprint density at radius 3 is 2.25 bits per heavy atom. The van der Waals surface area contributed by atoms with Gasteiger partial charge >= 0.3 is 12.5 Å². The smallest absolute Gasteiger partial charge is 0.406 e. The topological polar surface area (TPSA) is 55.6 Å². The summed E-state index contributed by atoms with van der Waals surface area (Å²) in [7, 11) is 1.60. The number of hydrogen-bond donors (Lipinski definition) is 0. The van der Waals surface area contributed by atoms with Gasteiger partial charge in [-0.3, -0.25) is 0 Å². The van der Waals surface area contributed by atoms with Crippen LogP contribution in [0.15, 0.2) is 30.3 Å². The number of halogens is 6. The third kappa shape index (κ3) is 4.43. The first-order chi connectivity index (χ1) is 12.9. The Morgan fingerprint density at radius 1 is 1.04 bits per heavy atom. The van der Waals surface area contributed by atoms with Crippen LogP contribution in [0.3, 0.4) is 0 Å². The van der Waals surface area contributed by atoms with Crippen molar-refractivity contribution in [3.63, 3.8) is 0 Å². The molecule has 28 heavy (non-hydrogen) atoms. The van der Waals surface area contributed by atoms with E-state index in [2.05, 4.69) is 19.8 Å². The molecule has 0 amide bonds. The molecule has 2 heterocycles. The Kier molecular flexibility index (Phi) is 4.81. The molecule has 0 fully saturated rings. The number of alkyl halides is 6. The first-order valence-corrected chi connectivity index (χ1v) is 7.80. The average molecular weight is 405 g/mol. The number of ether oxygens (including phenoxy) is 1. The van der Waals surface area contributed by atoms with Gasteiger partial charge in [-0.15, -0.1) is 18.3 Å². The zero-order valence-corrected chi connectivity index (χ0v) is 14.5. The molecule has 0 unspecified atom stereocenters. The highest BCUT2D eigenvalue weighted by Crippen LogP contribution is 2.28. The van der Waals surface area contributed by atoms with Crippen molar-refractivity contribution in [3.8, 4) is 5.75 Å². The maximum Gasteiger partial charge on any atom is 0.573 e. The van der Waals surface area contributed by atoms with E-state index >= 15 is 0 Å². The lowest BCUT2D eigenvalue weighted by atomic mass is 10.2. The fraction of sp³-hybridized carbons (Fsp3) is 0.312. The van der Waals surface area contributed by atoms with Gasteiger partial charge in [0.25, 0.3) is 11.6 Å². The van der Waals surface area contributed by atoms with E-state index in [9.17, 15) is 26.3 Å². The van der Waals surface area contributed by atoms with Crippen molar-refractivity contribution in [2.75, 3.05) is 11.9 Å². The first-order valence-electron chi connectivity index (χ1n) is 7.80. The van der Waals surface area contributed by atoms with E-state index in [0.29, 0.717) is 17.1 Å². The van der Waals surface area contributed by atoms with Crippen LogP contribution in [0.5, 0.6) is 5.75 Å². The summed E-state index contributed by atoms with van der Waals surface area (Å²) in [6.45, 7) is 1.79. The molecule has 0 saturated carbocycles. The quantitative estimate of drug-likeness (QED) is 0.615. The number of benzene rings is 1. The SMILES string of the molecule is Cc1cc(N(C)Cc2ccc(OC(F)(F)F)cc2)n2nc(C(F)(F)F)nc2n1. The lowest BCUT2D eigenvalue weighted by Crippen LogP contribution is -2.20. The maximum absolute atomic E-state index is 12.9. The number of hydrogen-bond acceptors (Lipinski definition) is 5. The molecule has 3 aromatic rings. The van der Waals surface area contributed by atoms with Crippen molar-refractivity contribution in [2.24, 2.45) is 0 Å². The summed E-state index contributed by atoms with van der Waals surface area (Å²) in [5.41, 5.74) is 1.04. The van der Waals surface area contributed by atoms with E-state index < -0.39 is 18.4 Å². The van der Waals surface area contributed by atoms with Gasteiger partial charge in [-0.2, -0.15) is 22.7 Å². The third-order valence-corrected chi connectivity index (χ3v) is 3.64. The fourth-order valence-corrected chi connectivity index (χ4v) is 2.51. The second-order valence-electron chi connectivity index (χ2n) is 5.95. The van der Waals surface area contributed by atoms with E-state index in [1.54, 1.807) is 18.9 Å². The Labute approximate surface area is 154 Å². The molecule has 0 spiro atoms. The van der Waals surface area contributed by atoms with Gasteiger partial charge in [-0.1, -0.05) is 12.1 Å². The molecule has 3 rings (SSSR count). The number of rotatable bonds is 4. The minimum absolute atomic E-state index is 0.187. The second-order valence-corrected chi connectivity index (χ2v) is 5.95. The molecule has 0 saturated heterocycles. The standard InChI is InChI=1S/C16H13F6N5O/c1-9-7-12(27-14(23-9)24-13(25-27)15(17,18)19)26(2)8-10-3-5-11(6-4-10)28-16(20,21)22/h3-7H,8H2,1-2H3. The van der Waals surface area contributed by atoms with Crippen molar-refractivity contribution in [3.05, 3.63) is 47.4 Å². The van der Waals surface area contributed by atoms with Gasteiger partial charge in [0, 0.05) is 25.4 Å². The third-order valence-electron chi connectivity index (χ3n) is 3.64. The molecular formula is C16H13F6N5O. The molecule has 0 radical (unpaired) electrons. The lowest BCUT2D eigenvalue weighted by Gasteiger charge is -2.20. The average Bonchev–Trinajstić information content (AvgIpc) is 2.98. The normalized spacial score (nSPS) is 12.4.